The maximum atomic E-state index is 10.1. The van der Waals surface area contributed by atoms with Gasteiger partial charge in [0.05, 0.1) is 5.56 Å². The summed E-state index contributed by atoms with van der Waals surface area (Å²) >= 11 is 0. The summed E-state index contributed by atoms with van der Waals surface area (Å²) in [4.78, 5) is 10.1. The Morgan fingerprint density at radius 3 is 2.05 bits per heavy atom. The molecule has 2 N–H and O–H groups in total. The Balaban J connectivity index is 0.000000151. The summed E-state index contributed by atoms with van der Waals surface area (Å²) in [6.07, 6.45) is 0.620. The molecule has 20 heavy (non-hydrogen) atoms. The van der Waals surface area contributed by atoms with Crippen molar-refractivity contribution < 1.29 is 15.0 Å². The third-order valence-corrected chi connectivity index (χ3v) is 2.80. The molecule has 3 heteroatoms. The standard InChI is InChI=1S/C10H8O.C7H6O2/c11-10-6-5-8-3-1-2-4-9(8)7-10;8-5-6-3-1-2-4-7(6)9/h1-7,11H;1-5,9H. The first kappa shape index (κ1) is 13.6. The summed E-state index contributed by atoms with van der Waals surface area (Å²) in [5, 5.41) is 20.2. The highest BCUT2D eigenvalue weighted by molar-refractivity contribution is 5.83. The zero-order valence-electron chi connectivity index (χ0n) is 10.7. The van der Waals surface area contributed by atoms with E-state index < -0.39 is 0 Å². The van der Waals surface area contributed by atoms with E-state index in [2.05, 4.69) is 0 Å². The van der Waals surface area contributed by atoms with Gasteiger partial charge in [0, 0.05) is 0 Å². The number of para-hydroxylation sites is 1. The lowest BCUT2D eigenvalue weighted by Gasteiger charge is -1.96. The zero-order valence-corrected chi connectivity index (χ0v) is 10.7. The number of benzene rings is 3. The molecule has 0 unspecified atom stereocenters. The lowest BCUT2D eigenvalue weighted by atomic mass is 10.1. The van der Waals surface area contributed by atoms with E-state index in [9.17, 15) is 4.79 Å². The molecule has 3 aromatic rings. The van der Waals surface area contributed by atoms with Crippen LogP contribution in [-0.4, -0.2) is 16.5 Å². The normalized spacial score (nSPS) is 9.60. The highest BCUT2D eigenvalue weighted by Crippen LogP contribution is 2.18. The van der Waals surface area contributed by atoms with Gasteiger partial charge in [0.15, 0.2) is 6.29 Å². The summed E-state index contributed by atoms with van der Waals surface area (Å²) < 4.78 is 0. The lowest BCUT2D eigenvalue weighted by molar-refractivity contribution is 0.112. The second kappa shape index (κ2) is 6.38. The molecule has 0 heterocycles. The second-order valence-electron chi connectivity index (χ2n) is 4.21. The van der Waals surface area contributed by atoms with Gasteiger partial charge in [-0.25, -0.2) is 0 Å². The Bertz CT molecular complexity index is 720. The molecule has 0 bridgehead atoms. The molecule has 0 aliphatic heterocycles. The molecule has 0 spiro atoms. The molecule has 0 saturated heterocycles. The Labute approximate surface area is 116 Å². The van der Waals surface area contributed by atoms with Crippen LogP contribution in [0.25, 0.3) is 10.8 Å². The van der Waals surface area contributed by atoms with Gasteiger partial charge in [-0.2, -0.15) is 0 Å². The number of hydrogen-bond donors (Lipinski definition) is 2. The van der Waals surface area contributed by atoms with E-state index in [4.69, 9.17) is 10.2 Å². The minimum absolute atomic E-state index is 0.0347. The molecule has 3 aromatic carbocycles. The van der Waals surface area contributed by atoms with Crippen molar-refractivity contribution in [3.05, 3.63) is 72.3 Å². The van der Waals surface area contributed by atoms with E-state index in [1.807, 2.05) is 30.3 Å². The van der Waals surface area contributed by atoms with Crippen molar-refractivity contribution in [2.24, 2.45) is 0 Å². The fourth-order valence-corrected chi connectivity index (χ4v) is 1.76. The molecular weight excluding hydrogens is 252 g/mol. The minimum atomic E-state index is 0.0347. The summed E-state index contributed by atoms with van der Waals surface area (Å²) in [6.45, 7) is 0. The molecule has 0 aliphatic carbocycles. The van der Waals surface area contributed by atoms with Crippen molar-refractivity contribution in [1.29, 1.82) is 0 Å². The van der Waals surface area contributed by atoms with Crippen molar-refractivity contribution >= 4 is 17.1 Å². The molecule has 100 valence electrons. The maximum Gasteiger partial charge on any atom is 0.153 e. The first-order valence-corrected chi connectivity index (χ1v) is 6.11. The monoisotopic (exact) mass is 266 g/mol. The van der Waals surface area contributed by atoms with Crippen LogP contribution in [0.3, 0.4) is 0 Å². The average Bonchev–Trinajstić information content (AvgIpc) is 2.48. The molecule has 0 atom stereocenters. The van der Waals surface area contributed by atoms with E-state index in [0.717, 1.165) is 10.8 Å². The molecule has 0 saturated carbocycles. The van der Waals surface area contributed by atoms with Crippen molar-refractivity contribution in [1.82, 2.24) is 0 Å². The number of fused-ring (bicyclic) bond motifs is 1. The largest absolute Gasteiger partial charge is 0.508 e. The minimum Gasteiger partial charge on any atom is -0.508 e. The number of rotatable bonds is 1. The molecular formula is C17H14O3. The Morgan fingerprint density at radius 1 is 0.750 bits per heavy atom. The summed E-state index contributed by atoms with van der Waals surface area (Å²) in [6, 6.07) is 19.7. The fraction of sp³-hybridized carbons (Fsp3) is 0. The van der Waals surface area contributed by atoms with Gasteiger partial charge in [-0.05, 0) is 35.0 Å². The zero-order chi connectivity index (χ0) is 14.4. The number of carbonyl (C=O) groups excluding carboxylic acids is 1. The highest BCUT2D eigenvalue weighted by Gasteiger charge is 1.93. The Morgan fingerprint density at radius 2 is 1.40 bits per heavy atom. The van der Waals surface area contributed by atoms with E-state index in [1.54, 1.807) is 30.3 Å². The fourth-order valence-electron chi connectivity index (χ4n) is 1.76. The average molecular weight is 266 g/mol. The van der Waals surface area contributed by atoms with Gasteiger partial charge in [-0.1, -0.05) is 42.5 Å². The van der Waals surface area contributed by atoms with Gasteiger partial charge in [0.25, 0.3) is 0 Å². The predicted octanol–water partition coefficient (Wildman–Crippen LogP) is 3.75. The highest BCUT2D eigenvalue weighted by atomic mass is 16.3. The SMILES string of the molecule is O=Cc1ccccc1O.Oc1ccc2ccccc2c1. The van der Waals surface area contributed by atoms with Crippen LogP contribution in [0.1, 0.15) is 10.4 Å². The predicted molar refractivity (Wildman–Crippen MR) is 79.1 cm³/mol. The van der Waals surface area contributed by atoms with E-state index >= 15 is 0 Å². The van der Waals surface area contributed by atoms with Crippen LogP contribution in [0.4, 0.5) is 0 Å². The lowest BCUT2D eigenvalue weighted by Crippen LogP contribution is -1.77. The molecule has 0 amide bonds. The van der Waals surface area contributed by atoms with Crippen LogP contribution in [0, 0.1) is 0 Å². The van der Waals surface area contributed by atoms with Crippen molar-refractivity contribution in [3.8, 4) is 11.5 Å². The quantitative estimate of drug-likeness (QED) is 0.659. The van der Waals surface area contributed by atoms with E-state index in [0.29, 0.717) is 17.6 Å². The molecule has 0 aromatic heterocycles. The van der Waals surface area contributed by atoms with Crippen molar-refractivity contribution in [2.45, 2.75) is 0 Å². The molecule has 3 nitrogen and oxygen atoms in total. The van der Waals surface area contributed by atoms with Crippen LogP contribution in [0.15, 0.2) is 66.7 Å². The maximum absolute atomic E-state index is 10.1. The van der Waals surface area contributed by atoms with Gasteiger partial charge in [-0.15, -0.1) is 0 Å². The third kappa shape index (κ3) is 3.36. The van der Waals surface area contributed by atoms with Crippen LogP contribution in [0.2, 0.25) is 0 Å². The van der Waals surface area contributed by atoms with E-state index in [-0.39, 0.29) is 5.75 Å². The van der Waals surface area contributed by atoms with Gasteiger partial charge < -0.3 is 10.2 Å². The van der Waals surface area contributed by atoms with Crippen LogP contribution >= 0.6 is 0 Å². The number of phenols is 2. The van der Waals surface area contributed by atoms with Gasteiger partial charge >= 0.3 is 0 Å². The molecule has 0 aliphatic rings. The number of hydrogen-bond acceptors (Lipinski definition) is 3. The Kier molecular flexibility index (Phi) is 4.35. The molecule has 3 rings (SSSR count). The number of carbonyl (C=O) groups is 1. The molecule has 0 radical (unpaired) electrons. The van der Waals surface area contributed by atoms with Gasteiger partial charge in [0.1, 0.15) is 11.5 Å². The molecule has 0 fully saturated rings. The van der Waals surface area contributed by atoms with Gasteiger partial charge in [0.2, 0.25) is 0 Å². The van der Waals surface area contributed by atoms with Crippen LogP contribution in [-0.2, 0) is 0 Å². The van der Waals surface area contributed by atoms with E-state index in [1.165, 1.54) is 6.07 Å². The van der Waals surface area contributed by atoms with Crippen molar-refractivity contribution in [3.63, 3.8) is 0 Å². The van der Waals surface area contributed by atoms with Crippen molar-refractivity contribution in [2.75, 3.05) is 0 Å². The van der Waals surface area contributed by atoms with Crippen LogP contribution in [0.5, 0.6) is 11.5 Å². The number of aldehydes is 1. The van der Waals surface area contributed by atoms with Gasteiger partial charge in [-0.3, -0.25) is 4.79 Å². The second-order valence-corrected chi connectivity index (χ2v) is 4.21. The summed E-state index contributed by atoms with van der Waals surface area (Å²) in [5.74, 6) is 0.358. The summed E-state index contributed by atoms with van der Waals surface area (Å²) in [5.41, 5.74) is 0.331. The topological polar surface area (TPSA) is 57.5 Å². The third-order valence-electron chi connectivity index (χ3n) is 2.80. The number of aromatic hydroxyl groups is 2. The summed E-state index contributed by atoms with van der Waals surface area (Å²) in [7, 11) is 0. The van der Waals surface area contributed by atoms with Crippen LogP contribution < -0.4 is 0 Å². The Hall–Kier alpha value is -2.81. The first-order chi connectivity index (χ1) is 9.70. The number of phenolic OH excluding ortho intramolecular Hbond substituents is 2. The first-order valence-electron chi connectivity index (χ1n) is 6.11. The smallest absolute Gasteiger partial charge is 0.153 e.